The molecule has 0 fully saturated rings. The number of aromatic amines is 2. The second kappa shape index (κ2) is 15.6. The van der Waals surface area contributed by atoms with Crippen molar-refractivity contribution < 1.29 is 14.2 Å². The molecule has 2 atom stereocenters. The summed E-state index contributed by atoms with van der Waals surface area (Å²) < 4.78 is 16.1. The molecule has 6 aromatic rings. The van der Waals surface area contributed by atoms with E-state index < -0.39 is 0 Å². The van der Waals surface area contributed by atoms with Crippen molar-refractivity contribution in [3.63, 3.8) is 0 Å². The topological polar surface area (TPSA) is 83.3 Å². The molecule has 2 aliphatic carbocycles. The lowest BCUT2D eigenvalue weighted by Crippen LogP contribution is -2.24. The summed E-state index contributed by atoms with van der Waals surface area (Å²) in [6.07, 6.45) is 7.19. The van der Waals surface area contributed by atoms with Crippen molar-refractivity contribution in [2.45, 2.75) is 63.7 Å². The number of H-pyrrole nitrogens is 2. The van der Waals surface area contributed by atoms with Crippen LogP contribution in [0.4, 0.5) is 0 Å². The molecule has 0 saturated heterocycles. The monoisotopic (exact) mass is 698 g/mol. The third-order valence-electron chi connectivity index (χ3n) is 9.93. The number of fused-ring (bicyclic) bond motifs is 7. The highest BCUT2D eigenvalue weighted by atomic mass is 35.5. The van der Waals surface area contributed by atoms with E-state index in [-0.39, 0.29) is 24.8 Å². The summed E-state index contributed by atoms with van der Waals surface area (Å²) in [5.74, 6) is 2.60. The zero-order chi connectivity index (χ0) is 31.6. The number of hydrogen-bond acceptors (Lipinski definition) is 5. The third-order valence-corrected chi connectivity index (χ3v) is 9.93. The summed E-state index contributed by atoms with van der Waals surface area (Å²) >= 11 is 0. The Hall–Kier alpha value is -4.14. The first-order valence-corrected chi connectivity index (χ1v) is 16.9. The molecule has 49 heavy (non-hydrogen) atoms. The molecule has 3 heterocycles. The van der Waals surface area contributed by atoms with Crippen molar-refractivity contribution in [3.05, 3.63) is 125 Å². The highest BCUT2D eigenvalue weighted by Crippen LogP contribution is 2.37. The maximum atomic E-state index is 5.47. The second-order valence-corrected chi connectivity index (χ2v) is 12.8. The Morgan fingerprint density at radius 2 is 1.18 bits per heavy atom. The number of halogens is 2. The predicted molar refractivity (Wildman–Crippen MR) is 202 cm³/mol. The van der Waals surface area contributed by atoms with Crippen molar-refractivity contribution in [3.8, 4) is 17.2 Å². The second-order valence-electron chi connectivity index (χ2n) is 12.8. The van der Waals surface area contributed by atoms with Gasteiger partial charge in [-0.1, -0.05) is 54.6 Å². The molecule has 0 amide bonds. The Bertz CT molecular complexity index is 2000. The Morgan fingerprint density at radius 1 is 0.653 bits per heavy atom. The van der Waals surface area contributed by atoms with Crippen LogP contribution in [-0.2, 0) is 25.9 Å². The summed E-state index contributed by atoms with van der Waals surface area (Å²) in [6, 6.07) is 32.5. The van der Waals surface area contributed by atoms with Crippen LogP contribution in [0.3, 0.4) is 0 Å². The molecule has 2 aromatic heterocycles. The summed E-state index contributed by atoms with van der Waals surface area (Å²) in [5.41, 5.74) is 10.7. The molecule has 4 aromatic carbocycles. The van der Waals surface area contributed by atoms with E-state index in [2.05, 4.69) is 93.4 Å². The zero-order valence-electron chi connectivity index (χ0n) is 27.7. The fourth-order valence-electron chi connectivity index (χ4n) is 7.51. The average Bonchev–Trinajstić information content (AvgIpc) is 3.86. The van der Waals surface area contributed by atoms with Gasteiger partial charge in [-0.25, -0.2) is 0 Å². The fraction of sp³-hybridized carbons (Fsp3) is 0.300. The Labute approximate surface area is 299 Å². The van der Waals surface area contributed by atoms with Crippen LogP contribution in [0.15, 0.2) is 91.0 Å². The van der Waals surface area contributed by atoms with Crippen LogP contribution in [0.5, 0.6) is 17.2 Å². The van der Waals surface area contributed by atoms with Crippen molar-refractivity contribution in [2.24, 2.45) is 0 Å². The predicted octanol–water partition coefficient (Wildman–Crippen LogP) is 9.25. The van der Waals surface area contributed by atoms with Crippen molar-refractivity contribution in [2.75, 3.05) is 13.9 Å². The molecule has 1 aliphatic heterocycles. The first-order valence-electron chi connectivity index (χ1n) is 16.9. The van der Waals surface area contributed by atoms with E-state index in [0.717, 1.165) is 30.3 Å². The molecule has 0 saturated carbocycles. The van der Waals surface area contributed by atoms with Gasteiger partial charge in [0.25, 0.3) is 0 Å². The average molecular weight is 700 g/mol. The minimum absolute atomic E-state index is 0. The van der Waals surface area contributed by atoms with Crippen LogP contribution in [0.25, 0.3) is 21.8 Å². The number of methoxy groups -OCH3 is 1. The lowest BCUT2D eigenvalue weighted by molar-refractivity contribution is 0.174. The molecule has 0 radical (unpaired) electrons. The van der Waals surface area contributed by atoms with Crippen LogP contribution in [-0.4, -0.2) is 23.9 Å². The maximum Gasteiger partial charge on any atom is 0.231 e. The first-order chi connectivity index (χ1) is 23.2. The van der Waals surface area contributed by atoms with Gasteiger partial charge in [-0.05, 0) is 97.2 Å². The minimum atomic E-state index is 0. The highest BCUT2D eigenvalue weighted by molar-refractivity contribution is 5.86. The van der Waals surface area contributed by atoms with Gasteiger partial charge < -0.3 is 34.8 Å². The smallest absolute Gasteiger partial charge is 0.231 e. The summed E-state index contributed by atoms with van der Waals surface area (Å²) in [6.45, 7) is 2.03. The van der Waals surface area contributed by atoms with Gasteiger partial charge in [-0.2, -0.15) is 0 Å². The number of para-hydroxylation sites is 2. The molecule has 4 N–H and O–H groups in total. The molecule has 0 bridgehead atoms. The van der Waals surface area contributed by atoms with Crippen LogP contribution >= 0.6 is 24.8 Å². The number of nitrogens with one attached hydrogen (secondary N) is 4. The van der Waals surface area contributed by atoms with Gasteiger partial charge in [0.2, 0.25) is 6.79 Å². The van der Waals surface area contributed by atoms with E-state index in [9.17, 15) is 0 Å². The van der Waals surface area contributed by atoms with E-state index in [1.54, 1.807) is 7.11 Å². The lowest BCUT2D eigenvalue weighted by atomic mass is 9.91. The van der Waals surface area contributed by atoms with Gasteiger partial charge >= 0.3 is 0 Å². The van der Waals surface area contributed by atoms with Gasteiger partial charge in [0.15, 0.2) is 11.5 Å². The number of benzene rings is 4. The molecule has 7 nitrogen and oxygen atoms in total. The number of aromatic nitrogens is 2. The highest BCUT2D eigenvalue weighted by Gasteiger charge is 2.25. The summed E-state index contributed by atoms with van der Waals surface area (Å²) in [7, 11) is 1.70. The largest absolute Gasteiger partial charge is 0.497 e. The summed E-state index contributed by atoms with van der Waals surface area (Å²) in [5, 5.41) is 10.2. The number of rotatable bonds is 7. The Kier molecular flexibility index (Phi) is 11.1. The lowest BCUT2D eigenvalue weighted by Gasteiger charge is -2.24. The van der Waals surface area contributed by atoms with E-state index in [4.69, 9.17) is 14.2 Å². The maximum absolute atomic E-state index is 5.47. The molecule has 0 spiro atoms. The SMILES string of the molecule is COc1ccc(CNC2CCCc3c2[nH]c2ccccc32)cc1.Cl.Cl.c1ccc2c3c([nH]c2c1)C(NCc1ccc2c(c1)OCO2)CCC3. The Balaban J connectivity index is 0.000000164. The van der Waals surface area contributed by atoms with E-state index in [1.807, 2.05) is 18.2 Å². The van der Waals surface area contributed by atoms with Gasteiger partial charge in [0.05, 0.1) is 7.11 Å². The number of aryl methyl sites for hydroxylation is 2. The van der Waals surface area contributed by atoms with Crippen LogP contribution in [0.1, 0.15) is 71.4 Å². The van der Waals surface area contributed by atoms with Gasteiger partial charge in [-0.15, -0.1) is 24.8 Å². The molecule has 3 aliphatic rings. The van der Waals surface area contributed by atoms with Crippen molar-refractivity contribution in [1.29, 1.82) is 0 Å². The van der Waals surface area contributed by atoms with E-state index in [0.29, 0.717) is 18.9 Å². The van der Waals surface area contributed by atoms with Crippen LogP contribution < -0.4 is 24.8 Å². The fourth-order valence-corrected chi connectivity index (χ4v) is 7.51. The van der Waals surface area contributed by atoms with Gasteiger partial charge in [0, 0.05) is 58.4 Å². The summed E-state index contributed by atoms with van der Waals surface area (Å²) in [4.78, 5) is 7.28. The van der Waals surface area contributed by atoms with E-state index >= 15 is 0 Å². The zero-order valence-corrected chi connectivity index (χ0v) is 29.4. The molecule has 9 rings (SSSR count). The standard InChI is InChI=1S/C20H20N2O2.C20H22N2O.2ClH/c1-2-6-16-14(4-1)15-5-3-7-17(20(15)22-16)21-11-13-8-9-18-19(10-13)24-12-23-18;1-23-15-11-9-14(10-12-15)13-21-19-8-4-6-17-16-5-2-3-7-18(16)22-20(17)19;;/h1-2,4,6,8-10,17,21-22H,3,5,7,11-12H2;2-3,5,7,9-12,19,21-22H,4,6,8,13H2,1H3;2*1H. The van der Waals surface area contributed by atoms with Crippen molar-refractivity contribution >= 4 is 46.6 Å². The van der Waals surface area contributed by atoms with Crippen LogP contribution in [0, 0.1) is 0 Å². The first kappa shape index (κ1) is 34.7. The molecule has 9 heteroatoms. The van der Waals surface area contributed by atoms with Gasteiger partial charge in [-0.3, -0.25) is 0 Å². The molecule has 256 valence electrons. The van der Waals surface area contributed by atoms with Gasteiger partial charge in [0.1, 0.15) is 5.75 Å². The van der Waals surface area contributed by atoms with E-state index in [1.165, 1.54) is 94.0 Å². The number of ether oxygens (including phenoxy) is 3. The molecular weight excluding hydrogens is 655 g/mol. The number of hydrogen-bond donors (Lipinski definition) is 4. The normalized spacial score (nSPS) is 17.2. The Morgan fingerprint density at radius 3 is 1.78 bits per heavy atom. The van der Waals surface area contributed by atoms with Crippen molar-refractivity contribution in [1.82, 2.24) is 20.6 Å². The van der Waals surface area contributed by atoms with Crippen LogP contribution in [0.2, 0.25) is 0 Å². The quantitative estimate of drug-likeness (QED) is 0.134. The molecule has 2 unspecified atom stereocenters. The molecular formula is C40H44Cl2N4O3. The third kappa shape index (κ3) is 7.26. The minimum Gasteiger partial charge on any atom is -0.497 e.